The molecule has 31 heavy (non-hydrogen) atoms. The summed E-state index contributed by atoms with van der Waals surface area (Å²) in [6, 6.07) is 16.5. The summed E-state index contributed by atoms with van der Waals surface area (Å²) < 4.78 is 32.4. The highest BCUT2D eigenvalue weighted by molar-refractivity contribution is 7.85. The third-order valence-electron chi connectivity index (χ3n) is 4.84. The Bertz CT molecular complexity index is 1130. The van der Waals surface area contributed by atoms with E-state index in [4.69, 9.17) is 4.55 Å². The van der Waals surface area contributed by atoms with E-state index in [1.54, 1.807) is 0 Å². The van der Waals surface area contributed by atoms with Gasteiger partial charge in [0.05, 0.1) is 17.4 Å². The molecule has 0 bridgehead atoms. The molecular weight excluding hydrogens is 432 g/mol. The largest absolute Gasteiger partial charge is 0.408 e. The maximum absolute atomic E-state index is 10.8. The highest BCUT2D eigenvalue weighted by Gasteiger charge is 2.13. The minimum absolute atomic E-state index is 0.223. The lowest BCUT2D eigenvalue weighted by Crippen LogP contribution is -2.31. The monoisotopic (exact) mass is 459 g/mol. The second-order valence-electron chi connectivity index (χ2n) is 7.38. The molecule has 1 N–H and O–H groups in total. The molecule has 0 atom stereocenters. The summed E-state index contributed by atoms with van der Waals surface area (Å²) in [5.74, 6) is -0.223. The molecule has 1 aromatic heterocycles. The molecule has 0 fully saturated rings. The normalized spacial score (nSPS) is 11.8. The Morgan fingerprint density at radius 1 is 1.10 bits per heavy atom. The van der Waals surface area contributed by atoms with Crippen molar-refractivity contribution in [2.45, 2.75) is 32.9 Å². The van der Waals surface area contributed by atoms with Gasteiger partial charge in [-0.15, -0.1) is 0 Å². The van der Waals surface area contributed by atoms with Gasteiger partial charge < -0.3 is 4.90 Å². The quantitative estimate of drug-likeness (QED) is 0.199. The molecule has 0 saturated carbocycles. The molecule has 0 aliphatic rings. The van der Waals surface area contributed by atoms with Gasteiger partial charge in [-0.1, -0.05) is 30.3 Å². The minimum Gasteiger partial charge on any atom is -0.370 e. The van der Waals surface area contributed by atoms with Crippen LogP contribution >= 0.6 is 11.3 Å². The third-order valence-corrected chi connectivity index (χ3v) is 6.43. The lowest BCUT2D eigenvalue weighted by molar-refractivity contribution is -0.680. The van der Waals surface area contributed by atoms with Crippen molar-refractivity contribution in [3.8, 4) is 0 Å². The van der Waals surface area contributed by atoms with E-state index in [1.807, 2.05) is 53.4 Å². The van der Waals surface area contributed by atoms with Crippen LogP contribution in [-0.2, 0) is 23.2 Å². The van der Waals surface area contributed by atoms with E-state index in [0.717, 1.165) is 28.6 Å². The van der Waals surface area contributed by atoms with Gasteiger partial charge in [-0.05, 0) is 65.5 Å². The molecule has 0 amide bonds. The van der Waals surface area contributed by atoms with Gasteiger partial charge in [-0.25, -0.2) is 4.57 Å². The van der Waals surface area contributed by atoms with E-state index in [1.165, 1.54) is 16.9 Å². The van der Waals surface area contributed by atoms with Crippen molar-refractivity contribution in [3.05, 3.63) is 71.2 Å². The second-order valence-corrected chi connectivity index (χ2v) is 9.83. The fraction of sp³-hybridized carbons (Fsp3) is 0.318. The van der Waals surface area contributed by atoms with Gasteiger partial charge in [0.25, 0.3) is 10.1 Å². The number of rotatable bonds is 10. The van der Waals surface area contributed by atoms with E-state index in [9.17, 15) is 8.42 Å². The van der Waals surface area contributed by atoms with Crippen molar-refractivity contribution in [1.29, 1.82) is 0 Å². The Morgan fingerprint density at radius 3 is 2.58 bits per heavy atom. The average molecular weight is 460 g/mol. The summed E-state index contributed by atoms with van der Waals surface area (Å²) in [6.07, 6.45) is 2.93. The smallest absolute Gasteiger partial charge is 0.370 e. The number of thiazole rings is 1. The summed E-state index contributed by atoms with van der Waals surface area (Å²) in [7, 11) is -1.84. The Hall–Kier alpha value is -2.62. The van der Waals surface area contributed by atoms with Crippen LogP contribution in [0.3, 0.4) is 0 Å². The molecule has 0 radical (unpaired) electrons. The Kier molecular flexibility index (Phi) is 7.89. The predicted molar refractivity (Wildman–Crippen MR) is 124 cm³/mol. The van der Waals surface area contributed by atoms with Gasteiger partial charge in [0.2, 0.25) is 0 Å². The van der Waals surface area contributed by atoms with Crippen LogP contribution < -0.4 is 9.47 Å². The summed E-state index contributed by atoms with van der Waals surface area (Å²) in [5.41, 5.74) is 4.22. The van der Waals surface area contributed by atoms with Crippen LogP contribution in [0.4, 0.5) is 16.5 Å². The van der Waals surface area contributed by atoms with Crippen LogP contribution in [0.5, 0.6) is 0 Å². The minimum atomic E-state index is -3.91. The molecule has 2 aromatic carbocycles. The molecular formula is C22H27N4O3S2+. The average Bonchev–Trinajstić information content (AvgIpc) is 3.17. The van der Waals surface area contributed by atoms with Gasteiger partial charge in [0, 0.05) is 24.7 Å². The highest BCUT2D eigenvalue weighted by atomic mass is 32.2. The third kappa shape index (κ3) is 7.23. The Morgan fingerprint density at radius 2 is 1.87 bits per heavy atom. The number of hydrogen-bond acceptors (Lipinski definition) is 6. The molecule has 1 heterocycles. The summed E-state index contributed by atoms with van der Waals surface area (Å²) in [5, 5.41) is 11.5. The molecule has 0 aliphatic carbocycles. The highest BCUT2D eigenvalue weighted by Crippen LogP contribution is 2.27. The van der Waals surface area contributed by atoms with Gasteiger partial charge >= 0.3 is 5.13 Å². The van der Waals surface area contributed by atoms with Crippen molar-refractivity contribution < 1.29 is 17.5 Å². The van der Waals surface area contributed by atoms with Gasteiger partial charge in [0.15, 0.2) is 0 Å². The topological polar surface area (TPSA) is 86.2 Å². The predicted octanol–water partition coefficient (Wildman–Crippen LogP) is 5.06. The van der Waals surface area contributed by atoms with Crippen molar-refractivity contribution in [2.24, 2.45) is 10.2 Å². The number of azo groups is 1. The maximum atomic E-state index is 10.8. The van der Waals surface area contributed by atoms with Gasteiger partial charge in [0.1, 0.15) is 11.9 Å². The van der Waals surface area contributed by atoms with Crippen molar-refractivity contribution in [2.75, 3.05) is 17.7 Å². The standard InChI is InChI=1S/C22H26N4O3S2/c1-18-16-20(25(2)17-19-8-4-3-5-9-19)10-11-21(18)23-24-22-26(13-14-30-22)12-6-7-15-31(27,28)29/h3-5,8-11,13-14,16H,6-7,12,15,17H2,1-2H3/p+1. The number of hydrogen-bond donors (Lipinski definition) is 1. The zero-order chi connectivity index (χ0) is 22.3. The van der Waals surface area contributed by atoms with E-state index < -0.39 is 10.1 Å². The zero-order valence-corrected chi connectivity index (χ0v) is 19.3. The van der Waals surface area contributed by atoms with Gasteiger partial charge in [-0.3, -0.25) is 4.55 Å². The molecule has 164 valence electrons. The van der Waals surface area contributed by atoms with E-state index >= 15 is 0 Å². The van der Waals surface area contributed by atoms with Crippen LogP contribution in [0, 0.1) is 6.92 Å². The number of anilines is 1. The lowest BCUT2D eigenvalue weighted by Gasteiger charge is -2.20. The summed E-state index contributed by atoms with van der Waals surface area (Å²) in [6.45, 7) is 3.47. The second kappa shape index (κ2) is 10.6. The Labute approximate surface area is 187 Å². The fourth-order valence-corrected chi connectivity index (χ4v) is 4.42. The molecule has 9 heteroatoms. The van der Waals surface area contributed by atoms with E-state index in [2.05, 4.69) is 40.4 Å². The maximum Gasteiger partial charge on any atom is 0.408 e. The number of aromatic nitrogens is 1. The van der Waals surface area contributed by atoms with Crippen molar-refractivity contribution >= 4 is 38.0 Å². The summed E-state index contributed by atoms with van der Waals surface area (Å²) >= 11 is 1.47. The fourth-order valence-electron chi connectivity index (χ4n) is 3.15. The molecule has 0 aliphatic heterocycles. The first kappa shape index (κ1) is 23.1. The molecule has 7 nitrogen and oxygen atoms in total. The number of unbranched alkanes of at least 4 members (excludes halogenated alkanes) is 1. The first-order valence-corrected chi connectivity index (χ1v) is 12.5. The van der Waals surface area contributed by atoms with Crippen LogP contribution in [0.15, 0.2) is 70.3 Å². The molecule has 3 aromatic rings. The van der Waals surface area contributed by atoms with Crippen LogP contribution in [-0.4, -0.2) is 25.8 Å². The first-order valence-electron chi connectivity index (χ1n) is 10.0. The molecule has 0 saturated heterocycles. The number of nitrogens with zero attached hydrogens (tertiary/aromatic N) is 4. The molecule has 0 spiro atoms. The number of aryl methyl sites for hydroxylation is 2. The Balaban J connectivity index is 1.62. The van der Waals surface area contributed by atoms with Crippen molar-refractivity contribution in [1.82, 2.24) is 0 Å². The van der Waals surface area contributed by atoms with Crippen molar-refractivity contribution in [3.63, 3.8) is 0 Å². The molecule has 3 rings (SSSR count). The van der Waals surface area contributed by atoms with Crippen LogP contribution in [0.1, 0.15) is 24.0 Å². The zero-order valence-electron chi connectivity index (χ0n) is 17.7. The molecule has 0 unspecified atom stereocenters. The number of benzene rings is 2. The first-order chi connectivity index (χ1) is 14.8. The van der Waals surface area contributed by atoms with Crippen LogP contribution in [0.2, 0.25) is 0 Å². The van der Waals surface area contributed by atoms with Crippen LogP contribution in [0.25, 0.3) is 0 Å². The van der Waals surface area contributed by atoms with E-state index in [0.29, 0.717) is 19.4 Å². The SMILES string of the molecule is Cc1cc(N(C)Cc2ccccc2)ccc1/N=N/c1scc[n+]1CCCCS(=O)(=O)O. The lowest BCUT2D eigenvalue weighted by atomic mass is 10.1. The van der Waals surface area contributed by atoms with Gasteiger partial charge in [-0.2, -0.15) is 8.42 Å². The summed E-state index contributed by atoms with van der Waals surface area (Å²) in [4.78, 5) is 2.20. The van der Waals surface area contributed by atoms with E-state index in [-0.39, 0.29) is 5.75 Å².